The van der Waals surface area contributed by atoms with Crippen LogP contribution in [0.5, 0.6) is 0 Å². The number of halogens is 2. The van der Waals surface area contributed by atoms with E-state index in [4.69, 9.17) is 35.4 Å². The molecule has 0 heterocycles. The second-order valence-electron chi connectivity index (χ2n) is 5.41. The summed E-state index contributed by atoms with van der Waals surface area (Å²) in [5.74, 6) is -0.480. The SMILES string of the molecule is CCCC(=O)Nc1ccc(Cl)c(NC(=S)NC(=O)c2cccc(Cl)c2)c1. The molecule has 0 aliphatic heterocycles. The van der Waals surface area contributed by atoms with Gasteiger partial charge in [0.15, 0.2) is 5.11 Å². The first-order chi connectivity index (χ1) is 12.4. The van der Waals surface area contributed by atoms with Crippen LogP contribution in [0.15, 0.2) is 42.5 Å². The van der Waals surface area contributed by atoms with Crippen molar-refractivity contribution in [2.45, 2.75) is 19.8 Å². The monoisotopic (exact) mass is 409 g/mol. The first-order valence-corrected chi connectivity index (χ1v) is 9.02. The van der Waals surface area contributed by atoms with E-state index < -0.39 is 5.91 Å². The van der Waals surface area contributed by atoms with Crippen LogP contribution in [0.3, 0.4) is 0 Å². The number of carbonyl (C=O) groups excluding carboxylic acids is 2. The molecule has 0 aromatic heterocycles. The topological polar surface area (TPSA) is 70.2 Å². The molecule has 8 heteroatoms. The minimum Gasteiger partial charge on any atom is -0.331 e. The summed E-state index contributed by atoms with van der Waals surface area (Å²) in [4.78, 5) is 23.9. The van der Waals surface area contributed by atoms with E-state index in [1.807, 2.05) is 6.92 Å². The minimum absolute atomic E-state index is 0.0777. The first-order valence-electron chi connectivity index (χ1n) is 7.86. The maximum atomic E-state index is 12.2. The average Bonchev–Trinajstić information content (AvgIpc) is 2.58. The van der Waals surface area contributed by atoms with Crippen LogP contribution in [-0.2, 0) is 4.79 Å². The van der Waals surface area contributed by atoms with E-state index in [2.05, 4.69) is 16.0 Å². The molecule has 0 spiro atoms. The standard InChI is InChI=1S/C18H17Cl2N3O2S/c1-2-4-16(24)21-13-7-8-14(20)15(10-13)22-18(26)23-17(25)11-5-3-6-12(19)9-11/h3,5-10H,2,4H2,1H3,(H,21,24)(H2,22,23,25,26). The number of amides is 2. The van der Waals surface area contributed by atoms with Crippen molar-refractivity contribution in [1.29, 1.82) is 0 Å². The lowest BCUT2D eigenvalue weighted by Gasteiger charge is -2.13. The molecule has 0 aliphatic carbocycles. The second-order valence-corrected chi connectivity index (χ2v) is 6.66. The Morgan fingerprint density at radius 2 is 1.85 bits per heavy atom. The van der Waals surface area contributed by atoms with Crippen molar-refractivity contribution in [3.05, 3.63) is 58.1 Å². The van der Waals surface area contributed by atoms with Gasteiger partial charge in [0.25, 0.3) is 5.91 Å². The molecule has 2 amide bonds. The summed E-state index contributed by atoms with van der Waals surface area (Å²) in [6.07, 6.45) is 1.18. The molecular formula is C18H17Cl2N3O2S. The molecule has 0 bridgehead atoms. The van der Waals surface area contributed by atoms with Gasteiger partial charge in [0, 0.05) is 22.7 Å². The van der Waals surface area contributed by atoms with E-state index in [1.54, 1.807) is 36.4 Å². The van der Waals surface area contributed by atoms with E-state index in [-0.39, 0.29) is 11.0 Å². The van der Waals surface area contributed by atoms with Gasteiger partial charge in [-0.2, -0.15) is 0 Å². The number of anilines is 2. The summed E-state index contributed by atoms with van der Waals surface area (Å²) in [5, 5.41) is 9.12. The van der Waals surface area contributed by atoms with Gasteiger partial charge in [-0.15, -0.1) is 0 Å². The van der Waals surface area contributed by atoms with Gasteiger partial charge in [0.1, 0.15) is 0 Å². The minimum atomic E-state index is -0.395. The van der Waals surface area contributed by atoms with Crippen molar-refractivity contribution in [2.75, 3.05) is 10.6 Å². The molecular weight excluding hydrogens is 393 g/mol. The fourth-order valence-corrected chi connectivity index (χ4v) is 2.67. The zero-order chi connectivity index (χ0) is 19.1. The highest BCUT2D eigenvalue weighted by Crippen LogP contribution is 2.25. The Kier molecular flexibility index (Phi) is 7.38. The largest absolute Gasteiger partial charge is 0.331 e. The third kappa shape index (κ3) is 5.98. The maximum absolute atomic E-state index is 12.2. The van der Waals surface area contributed by atoms with E-state index in [0.29, 0.717) is 33.4 Å². The Balaban J connectivity index is 2.03. The predicted octanol–water partition coefficient (Wildman–Crippen LogP) is 4.86. The van der Waals surface area contributed by atoms with Crippen LogP contribution in [-0.4, -0.2) is 16.9 Å². The van der Waals surface area contributed by atoms with Gasteiger partial charge in [-0.25, -0.2) is 0 Å². The van der Waals surface area contributed by atoms with Crippen molar-refractivity contribution in [2.24, 2.45) is 0 Å². The molecule has 2 rings (SSSR count). The van der Waals surface area contributed by atoms with Gasteiger partial charge in [-0.1, -0.05) is 36.2 Å². The van der Waals surface area contributed by atoms with Gasteiger partial charge >= 0.3 is 0 Å². The van der Waals surface area contributed by atoms with Gasteiger partial charge in [0.2, 0.25) is 5.91 Å². The summed E-state index contributed by atoms with van der Waals surface area (Å²) >= 11 is 17.2. The lowest BCUT2D eigenvalue weighted by Crippen LogP contribution is -2.34. The zero-order valence-corrected chi connectivity index (χ0v) is 16.3. The Labute approximate surface area is 167 Å². The lowest BCUT2D eigenvalue weighted by molar-refractivity contribution is -0.116. The van der Waals surface area contributed by atoms with Gasteiger partial charge < -0.3 is 10.6 Å². The number of hydrogen-bond donors (Lipinski definition) is 3. The van der Waals surface area contributed by atoms with Crippen LogP contribution in [0.2, 0.25) is 10.0 Å². The van der Waals surface area contributed by atoms with Crippen LogP contribution in [0.1, 0.15) is 30.1 Å². The van der Waals surface area contributed by atoms with E-state index in [9.17, 15) is 9.59 Å². The normalized spacial score (nSPS) is 10.1. The van der Waals surface area contributed by atoms with Crippen molar-refractivity contribution >= 4 is 63.7 Å². The molecule has 0 fully saturated rings. The third-order valence-electron chi connectivity index (χ3n) is 3.29. The van der Waals surface area contributed by atoms with Crippen LogP contribution in [0.25, 0.3) is 0 Å². The summed E-state index contributed by atoms with van der Waals surface area (Å²) in [7, 11) is 0. The highest BCUT2D eigenvalue weighted by Gasteiger charge is 2.11. The Hall–Kier alpha value is -2.15. The van der Waals surface area contributed by atoms with Crippen molar-refractivity contribution in [3.63, 3.8) is 0 Å². The van der Waals surface area contributed by atoms with Crippen LogP contribution < -0.4 is 16.0 Å². The Morgan fingerprint density at radius 1 is 1.08 bits per heavy atom. The number of benzene rings is 2. The second kappa shape index (κ2) is 9.52. The van der Waals surface area contributed by atoms with Gasteiger partial charge in [-0.3, -0.25) is 14.9 Å². The Bertz CT molecular complexity index is 843. The maximum Gasteiger partial charge on any atom is 0.257 e. The van der Waals surface area contributed by atoms with E-state index in [1.165, 1.54) is 6.07 Å². The summed E-state index contributed by atoms with van der Waals surface area (Å²) < 4.78 is 0. The molecule has 2 aromatic rings. The molecule has 0 unspecified atom stereocenters. The summed E-state index contributed by atoms with van der Waals surface area (Å²) in [5.41, 5.74) is 1.44. The molecule has 2 aromatic carbocycles. The van der Waals surface area contributed by atoms with Gasteiger partial charge in [0.05, 0.1) is 10.7 Å². The third-order valence-corrected chi connectivity index (χ3v) is 4.06. The number of hydrogen-bond acceptors (Lipinski definition) is 3. The molecule has 0 aliphatic rings. The molecule has 3 N–H and O–H groups in total. The number of thiocarbonyl (C=S) groups is 1. The fourth-order valence-electron chi connectivity index (χ4n) is 2.11. The fraction of sp³-hybridized carbons (Fsp3) is 0.167. The highest BCUT2D eigenvalue weighted by molar-refractivity contribution is 7.80. The molecule has 136 valence electrons. The van der Waals surface area contributed by atoms with Crippen molar-refractivity contribution in [1.82, 2.24) is 5.32 Å². The zero-order valence-electron chi connectivity index (χ0n) is 13.9. The number of carbonyl (C=O) groups is 2. The molecule has 0 saturated carbocycles. The van der Waals surface area contributed by atoms with Crippen LogP contribution in [0.4, 0.5) is 11.4 Å². The summed E-state index contributed by atoms with van der Waals surface area (Å²) in [6, 6.07) is 11.5. The van der Waals surface area contributed by atoms with E-state index in [0.717, 1.165) is 6.42 Å². The molecule has 0 radical (unpaired) electrons. The van der Waals surface area contributed by atoms with Gasteiger partial charge in [-0.05, 0) is 55.0 Å². The lowest BCUT2D eigenvalue weighted by atomic mass is 10.2. The molecule has 0 saturated heterocycles. The quantitative estimate of drug-likeness (QED) is 0.616. The smallest absolute Gasteiger partial charge is 0.257 e. The van der Waals surface area contributed by atoms with Crippen molar-refractivity contribution < 1.29 is 9.59 Å². The molecule has 0 atom stereocenters. The highest BCUT2D eigenvalue weighted by atomic mass is 35.5. The van der Waals surface area contributed by atoms with Crippen LogP contribution >= 0.6 is 35.4 Å². The summed E-state index contributed by atoms with van der Waals surface area (Å²) in [6.45, 7) is 1.93. The molecule has 5 nitrogen and oxygen atoms in total. The molecule has 26 heavy (non-hydrogen) atoms. The van der Waals surface area contributed by atoms with E-state index >= 15 is 0 Å². The number of rotatable bonds is 5. The first kappa shape index (κ1) is 20.2. The van der Waals surface area contributed by atoms with Crippen molar-refractivity contribution in [3.8, 4) is 0 Å². The number of nitrogens with one attached hydrogen (secondary N) is 3. The predicted molar refractivity (Wildman–Crippen MR) is 110 cm³/mol. The average molecular weight is 410 g/mol. The van der Waals surface area contributed by atoms with Crippen LogP contribution in [0, 0.1) is 0 Å². The Morgan fingerprint density at radius 3 is 2.54 bits per heavy atom.